The van der Waals surface area contributed by atoms with Gasteiger partial charge in [0.05, 0.1) is 12.0 Å². The number of carbonyl (C=O) groups is 2. The molecule has 3 fully saturated rings. The lowest BCUT2D eigenvalue weighted by atomic mass is 9.74. The molecule has 2 aliphatic heterocycles. The molecule has 1 aromatic rings. The second-order valence-corrected chi connectivity index (χ2v) is 15.9. The van der Waals surface area contributed by atoms with Crippen molar-refractivity contribution in [1.29, 1.82) is 0 Å². The lowest BCUT2D eigenvalue weighted by molar-refractivity contribution is -0.147. The molecule has 0 spiro atoms. The fourth-order valence-corrected chi connectivity index (χ4v) is 7.18. The number of halogens is 1. The highest BCUT2D eigenvalue weighted by Crippen LogP contribution is 2.42. The Morgan fingerprint density at radius 3 is 2.05 bits per heavy atom. The van der Waals surface area contributed by atoms with Crippen LogP contribution in [0.25, 0.3) is 0 Å². The first-order valence-corrected chi connectivity index (χ1v) is 15.5. The summed E-state index contributed by atoms with van der Waals surface area (Å²) >= 11 is 6.21. The Morgan fingerprint density at radius 1 is 0.923 bits per heavy atom. The van der Waals surface area contributed by atoms with Crippen molar-refractivity contribution in [2.45, 2.75) is 124 Å². The van der Waals surface area contributed by atoms with E-state index in [-0.39, 0.29) is 47.3 Å². The van der Waals surface area contributed by atoms with Crippen molar-refractivity contribution in [3.63, 3.8) is 0 Å². The smallest absolute Gasteiger partial charge is 0.228 e. The molecule has 1 aliphatic carbocycles. The minimum Gasteiger partial charge on any atom is -0.338 e. The fourth-order valence-electron chi connectivity index (χ4n) is 7.05. The van der Waals surface area contributed by atoms with Crippen LogP contribution in [0, 0.1) is 16.7 Å². The van der Waals surface area contributed by atoms with E-state index in [0.29, 0.717) is 12.0 Å². The summed E-state index contributed by atoms with van der Waals surface area (Å²) in [7, 11) is 0. The van der Waals surface area contributed by atoms with Gasteiger partial charge < -0.3 is 9.80 Å². The van der Waals surface area contributed by atoms with Crippen LogP contribution >= 0.6 is 11.6 Å². The van der Waals surface area contributed by atoms with Crippen LogP contribution in [0.15, 0.2) is 24.3 Å². The Morgan fingerprint density at radius 2 is 1.51 bits per heavy atom. The number of benzene rings is 1. The molecule has 3 aliphatic rings. The van der Waals surface area contributed by atoms with Gasteiger partial charge >= 0.3 is 0 Å². The van der Waals surface area contributed by atoms with Gasteiger partial charge in [0.2, 0.25) is 11.8 Å². The van der Waals surface area contributed by atoms with Gasteiger partial charge in [-0.2, -0.15) is 0 Å². The van der Waals surface area contributed by atoms with Crippen molar-refractivity contribution in [2.24, 2.45) is 16.7 Å². The van der Waals surface area contributed by atoms with E-state index in [2.05, 4.69) is 68.4 Å². The highest BCUT2D eigenvalue weighted by Gasteiger charge is 2.48. The molecule has 0 radical (unpaired) electrons. The summed E-state index contributed by atoms with van der Waals surface area (Å²) in [6.07, 6.45) is 5.24. The normalized spacial score (nSPS) is 28.6. The van der Waals surface area contributed by atoms with Crippen LogP contribution in [-0.2, 0) is 9.59 Å². The third kappa shape index (κ3) is 6.67. The molecule has 4 rings (SSSR count). The first kappa shape index (κ1) is 30.4. The van der Waals surface area contributed by atoms with Crippen molar-refractivity contribution in [2.75, 3.05) is 19.6 Å². The van der Waals surface area contributed by atoms with E-state index in [1.807, 2.05) is 32.9 Å². The topological polar surface area (TPSA) is 43.9 Å². The van der Waals surface area contributed by atoms with Gasteiger partial charge in [0.1, 0.15) is 0 Å². The summed E-state index contributed by atoms with van der Waals surface area (Å²) < 4.78 is 0. The SMILES string of the molecule is C[C@H]1CC(N(C(=O)C(C)(C)C)C2CCC(C)(C)CC2)CN1C(=O)[C@@H]1CN(C(C)(C)C)C[C@H]1c1ccc(Cl)cc1. The molecule has 2 saturated heterocycles. The molecule has 218 valence electrons. The summed E-state index contributed by atoms with van der Waals surface area (Å²) in [5.74, 6) is 0.504. The predicted molar refractivity (Wildman–Crippen MR) is 161 cm³/mol. The number of rotatable bonds is 4. The number of carbonyl (C=O) groups excluding carboxylic acids is 2. The van der Waals surface area contributed by atoms with E-state index < -0.39 is 5.41 Å². The monoisotopic (exact) mass is 557 g/mol. The van der Waals surface area contributed by atoms with Crippen LogP contribution in [-0.4, -0.2) is 69.8 Å². The second kappa shape index (κ2) is 11.0. The van der Waals surface area contributed by atoms with Gasteiger partial charge in [-0.1, -0.05) is 58.4 Å². The highest BCUT2D eigenvalue weighted by atomic mass is 35.5. The zero-order chi connectivity index (χ0) is 28.9. The Kier molecular flexibility index (Phi) is 8.57. The molecule has 0 bridgehead atoms. The molecule has 4 atom stereocenters. The molecule has 5 nitrogen and oxygen atoms in total. The molecular weight excluding hydrogens is 506 g/mol. The summed E-state index contributed by atoms with van der Waals surface area (Å²) in [5.41, 5.74) is 1.08. The van der Waals surface area contributed by atoms with Crippen LogP contribution < -0.4 is 0 Å². The third-order valence-electron chi connectivity index (χ3n) is 9.69. The van der Waals surface area contributed by atoms with Crippen LogP contribution in [0.3, 0.4) is 0 Å². The van der Waals surface area contributed by atoms with Crippen LogP contribution in [0.5, 0.6) is 0 Å². The zero-order valence-corrected chi connectivity index (χ0v) is 26.6. The maximum absolute atomic E-state index is 14.3. The van der Waals surface area contributed by atoms with Gasteiger partial charge in [0.25, 0.3) is 0 Å². The molecule has 1 saturated carbocycles. The molecule has 2 heterocycles. The van der Waals surface area contributed by atoms with Crippen molar-refractivity contribution in [3.8, 4) is 0 Å². The lowest BCUT2D eigenvalue weighted by Gasteiger charge is -2.45. The quantitative estimate of drug-likeness (QED) is 0.401. The van der Waals surface area contributed by atoms with Gasteiger partial charge in [-0.05, 0) is 82.9 Å². The summed E-state index contributed by atoms with van der Waals surface area (Å²) in [6.45, 7) is 21.9. The Bertz CT molecular complexity index is 1030. The molecule has 1 unspecified atom stereocenters. The summed E-state index contributed by atoms with van der Waals surface area (Å²) in [4.78, 5) is 35.0. The van der Waals surface area contributed by atoms with Crippen molar-refractivity contribution < 1.29 is 9.59 Å². The zero-order valence-electron chi connectivity index (χ0n) is 25.9. The largest absolute Gasteiger partial charge is 0.338 e. The average Bonchev–Trinajstić information content (AvgIpc) is 3.44. The molecule has 1 aromatic carbocycles. The molecule has 39 heavy (non-hydrogen) atoms. The van der Waals surface area contributed by atoms with Gasteiger partial charge in [-0.3, -0.25) is 14.5 Å². The molecule has 0 aromatic heterocycles. The minimum atomic E-state index is -0.439. The standard InChI is InChI=1S/C33H52ClN3O2/c1-22-18-26(37(30(39)31(2,3)4)25-14-16-33(8,9)17-15-25)19-36(22)29(38)28-21-35(32(5,6)7)20-27(28)23-10-12-24(34)13-11-23/h10-13,22,25-28H,14-21H2,1-9H3/t22-,26?,27-,28+/m0/s1. The maximum Gasteiger partial charge on any atom is 0.228 e. The summed E-state index contributed by atoms with van der Waals surface area (Å²) in [6, 6.07) is 8.51. The van der Waals surface area contributed by atoms with Gasteiger partial charge in [0.15, 0.2) is 0 Å². The number of nitrogens with zero attached hydrogens (tertiary/aromatic N) is 3. The van der Waals surface area contributed by atoms with Crippen molar-refractivity contribution in [3.05, 3.63) is 34.9 Å². The van der Waals surface area contributed by atoms with Crippen LogP contribution in [0.2, 0.25) is 5.02 Å². The molecule has 6 heteroatoms. The Balaban J connectivity index is 1.58. The van der Waals surface area contributed by atoms with E-state index >= 15 is 0 Å². The first-order valence-electron chi connectivity index (χ1n) is 15.1. The average molecular weight is 558 g/mol. The van der Waals surface area contributed by atoms with E-state index in [1.54, 1.807) is 0 Å². The first-order chi connectivity index (χ1) is 18.0. The van der Waals surface area contributed by atoms with Crippen molar-refractivity contribution in [1.82, 2.24) is 14.7 Å². The van der Waals surface area contributed by atoms with E-state index in [4.69, 9.17) is 11.6 Å². The van der Waals surface area contributed by atoms with Crippen LogP contribution in [0.4, 0.5) is 0 Å². The predicted octanol–water partition coefficient (Wildman–Crippen LogP) is 6.99. The molecule has 2 amide bonds. The lowest BCUT2D eigenvalue weighted by Crippen LogP contribution is -2.54. The molecular formula is C33H52ClN3O2. The number of hydrogen-bond acceptors (Lipinski definition) is 3. The van der Waals surface area contributed by atoms with E-state index in [1.165, 1.54) is 5.56 Å². The Labute approximate surface area is 242 Å². The van der Waals surface area contributed by atoms with Crippen LogP contribution in [0.1, 0.15) is 106 Å². The summed E-state index contributed by atoms with van der Waals surface area (Å²) in [5, 5.41) is 0.720. The van der Waals surface area contributed by atoms with E-state index in [0.717, 1.165) is 50.2 Å². The van der Waals surface area contributed by atoms with Gasteiger partial charge in [-0.15, -0.1) is 0 Å². The Hall–Kier alpha value is -1.59. The third-order valence-corrected chi connectivity index (χ3v) is 9.94. The number of likely N-dealkylation sites (tertiary alicyclic amines) is 2. The number of amides is 2. The second-order valence-electron chi connectivity index (χ2n) is 15.4. The van der Waals surface area contributed by atoms with Gasteiger partial charge in [-0.25, -0.2) is 0 Å². The molecule has 0 N–H and O–H groups in total. The minimum absolute atomic E-state index is 0.0104. The van der Waals surface area contributed by atoms with E-state index in [9.17, 15) is 9.59 Å². The highest BCUT2D eigenvalue weighted by molar-refractivity contribution is 6.30. The number of hydrogen-bond donors (Lipinski definition) is 0. The fraction of sp³-hybridized carbons (Fsp3) is 0.758. The van der Waals surface area contributed by atoms with Crippen molar-refractivity contribution >= 4 is 23.4 Å². The maximum atomic E-state index is 14.3. The van der Waals surface area contributed by atoms with Gasteiger partial charge in [0, 0.05) is 53.6 Å².